The van der Waals surface area contributed by atoms with Crippen molar-refractivity contribution in [2.45, 2.75) is 13.2 Å². The predicted octanol–water partition coefficient (Wildman–Crippen LogP) is 0.905. The molecular weight excluding hydrogens is 229 g/mol. The van der Waals surface area contributed by atoms with Gasteiger partial charge in [0.15, 0.2) is 0 Å². The van der Waals surface area contributed by atoms with Crippen LogP contribution in [0.4, 0.5) is 10.1 Å². The van der Waals surface area contributed by atoms with E-state index >= 15 is 0 Å². The number of carboxylic acids is 1. The van der Waals surface area contributed by atoms with E-state index in [1.165, 1.54) is 6.07 Å². The molecule has 1 aromatic carbocycles. The number of amides is 1. The minimum atomic E-state index is -2.55. The molecule has 0 fully saturated rings. The number of fused-ring (bicyclic) bond motifs is 1. The quantitative estimate of drug-likeness (QED) is 0.612. The van der Waals surface area contributed by atoms with Gasteiger partial charge in [0.05, 0.1) is 11.3 Å². The topological polar surface area (TPSA) is 74.7 Å². The van der Waals surface area contributed by atoms with Crippen molar-refractivity contribution < 1.29 is 23.9 Å². The Bertz CT molecular complexity index is 540. The number of carbonyl (C=O) groups is 3. The number of Topliss-reactive ketones (excluding diaryl/α,β-unsaturated/α-hetero) is 1. The molecule has 1 aromatic rings. The van der Waals surface area contributed by atoms with E-state index in [-0.39, 0.29) is 11.3 Å². The average molecular weight is 237 g/mol. The Morgan fingerprint density at radius 1 is 1.41 bits per heavy atom. The van der Waals surface area contributed by atoms with Crippen molar-refractivity contribution >= 4 is 23.3 Å². The molecule has 1 amide bonds. The zero-order valence-corrected chi connectivity index (χ0v) is 8.81. The summed E-state index contributed by atoms with van der Waals surface area (Å²) in [6, 6.07) is 4.50. The van der Waals surface area contributed by atoms with Gasteiger partial charge in [0.2, 0.25) is 0 Å². The number of nitrogens with zero attached hydrogens (tertiary/aromatic N) is 1. The lowest BCUT2D eigenvalue weighted by atomic mass is 10.1. The van der Waals surface area contributed by atoms with Crippen molar-refractivity contribution in [2.75, 3.05) is 4.90 Å². The van der Waals surface area contributed by atoms with Crippen LogP contribution in [0.5, 0.6) is 0 Å². The normalized spacial score (nSPS) is 16.0. The Hall–Kier alpha value is -2.24. The minimum Gasteiger partial charge on any atom is -0.478 e. The molecule has 17 heavy (non-hydrogen) atoms. The minimum absolute atomic E-state index is 0.0393. The highest BCUT2D eigenvalue weighted by atomic mass is 19.1. The molecule has 0 aromatic heterocycles. The lowest BCUT2D eigenvalue weighted by molar-refractivity contribution is -0.144. The molecule has 0 spiro atoms. The number of halogens is 1. The maximum atomic E-state index is 13.5. The first-order chi connectivity index (χ1) is 7.95. The molecule has 1 unspecified atom stereocenters. The van der Waals surface area contributed by atoms with Gasteiger partial charge in [-0.15, -0.1) is 0 Å². The monoisotopic (exact) mass is 237 g/mol. The van der Waals surface area contributed by atoms with E-state index < -0.39 is 24.0 Å². The van der Waals surface area contributed by atoms with Crippen LogP contribution in [0.3, 0.4) is 0 Å². The fraction of sp³-hybridized carbons (Fsp3) is 0.182. The maximum absolute atomic E-state index is 13.5. The molecule has 0 bridgehead atoms. The molecule has 2 rings (SSSR count). The van der Waals surface area contributed by atoms with Gasteiger partial charge in [-0.3, -0.25) is 14.5 Å². The van der Waals surface area contributed by atoms with Gasteiger partial charge in [0.1, 0.15) is 0 Å². The first-order valence-electron chi connectivity index (χ1n) is 4.79. The number of hydrogen-bond acceptors (Lipinski definition) is 3. The third-order valence-corrected chi connectivity index (χ3v) is 2.57. The maximum Gasteiger partial charge on any atom is 0.360 e. The Morgan fingerprint density at radius 3 is 2.65 bits per heavy atom. The molecule has 0 radical (unpaired) electrons. The molecule has 1 aliphatic heterocycles. The summed E-state index contributed by atoms with van der Waals surface area (Å²) in [4.78, 5) is 34.0. The summed E-state index contributed by atoms with van der Waals surface area (Å²) < 4.78 is 13.5. The Kier molecular flexibility index (Phi) is 2.42. The van der Waals surface area contributed by atoms with E-state index in [1.807, 2.05) is 0 Å². The highest BCUT2D eigenvalue weighted by Crippen LogP contribution is 2.33. The standard InChI is InChI=1S/C11H8FNO4/c1-5-3-2-4-6-7(5)13(9(12)11(16)17)10(15)8(6)14/h2-4,9H,1H3,(H,16,17). The smallest absolute Gasteiger partial charge is 0.360 e. The summed E-state index contributed by atoms with van der Waals surface area (Å²) in [5.74, 6) is -3.83. The highest BCUT2D eigenvalue weighted by Gasteiger charge is 2.43. The second-order valence-electron chi connectivity index (χ2n) is 3.65. The molecule has 0 saturated carbocycles. The molecule has 1 aliphatic rings. The summed E-state index contributed by atoms with van der Waals surface area (Å²) in [6.07, 6.45) is -2.55. The fourth-order valence-corrected chi connectivity index (χ4v) is 1.81. The number of aryl methyl sites for hydroxylation is 1. The third kappa shape index (κ3) is 1.49. The van der Waals surface area contributed by atoms with Crippen LogP contribution in [-0.2, 0) is 9.59 Å². The summed E-state index contributed by atoms with van der Waals surface area (Å²) in [5, 5.41) is 8.58. The van der Waals surface area contributed by atoms with Crippen LogP contribution in [0, 0.1) is 6.92 Å². The first-order valence-corrected chi connectivity index (χ1v) is 4.79. The van der Waals surface area contributed by atoms with Crippen molar-refractivity contribution in [3.05, 3.63) is 29.3 Å². The number of rotatable bonds is 2. The van der Waals surface area contributed by atoms with Gasteiger partial charge in [-0.1, -0.05) is 12.1 Å². The van der Waals surface area contributed by atoms with Gasteiger partial charge in [0.25, 0.3) is 12.1 Å². The zero-order chi connectivity index (χ0) is 12.7. The summed E-state index contributed by atoms with van der Waals surface area (Å²) in [6.45, 7) is 1.58. The SMILES string of the molecule is Cc1cccc2c1N(C(F)C(=O)O)C(=O)C2=O. The van der Waals surface area contributed by atoms with Crippen LogP contribution in [0.1, 0.15) is 15.9 Å². The van der Waals surface area contributed by atoms with E-state index in [4.69, 9.17) is 5.11 Å². The van der Waals surface area contributed by atoms with Crippen LogP contribution in [0.15, 0.2) is 18.2 Å². The second kappa shape index (κ2) is 3.65. The fourth-order valence-electron chi connectivity index (χ4n) is 1.81. The Morgan fingerprint density at radius 2 is 2.06 bits per heavy atom. The van der Waals surface area contributed by atoms with Crippen LogP contribution in [0.25, 0.3) is 0 Å². The van der Waals surface area contributed by atoms with Gasteiger partial charge >= 0.3 is 11.9 Å². The van der Waals surface area contributed by atoms with Crippen molar-refractivity contribution in [2.24, 2.45) is 0 Å². The number of carboxylic acid groups (broad SMARTS) is 1. The number of anilines is 1. The largest absolute Gasteiger partial charge is 0.478 e. The van der Waals surface area contributed by atoms with Crippen molar-refractivity contribution in [3.63, 3.8) is 0 Å². The lowest BCUT2D eigenvalue weighted by Gasteiger charge is -2.19. The molecule has 1 atom stereocenters. The van der Waals surface area contributed by atoms with E-state index in [9.17, 15) is 18.8 Å². The van der Waals surface area contributed by atoms with Gasteiger partial charge < -0.3 is 5.11 Å². The number of ketones is 1. The van der Waals surface area contributed by atoms with Gasteiger partial charge in [-0.05, 0) is 18.6 Å². The Labute approximate surface area is 95.5 Å². The molecule has 0 saturated heterocycles. The lowest BCUT2D eigenvalue weighted by Crippen LogP contribution is -2.41. The summed E-state index contributed by atoms with van der Waals surface area (Å²) in [7, 11) is 0. The molecule has 1 heterocycles. The van der Waals surface area contributed by atoms with E-state index in [0.717, 1.165) is 0 Å². The van der Waals surface area contributed by atoms with Crippen LogP contribution >= 0.6 is 0 Å². The van der Waals surface area contributed by atoms with Crippen molar-refractivity contribution in [1.82, 2.24) is 0 Å². The third-order valence-electron chi connectivity index (χ3n) is 2.57. The number of carbonyl (C=O) groups excluding carboxylic acids is 2. The molecule has 1 N–H and O–H groups in total. The molecule has 5 nitrogen and oxygen atoms in total. The molecular formula is C11H8FNO4. The van der Waals surface area contributed by atoms with E-state index in [2.05, 4.69) is 0 Å². The predicted molar refractivity (Wildman–Crippen MR) is 55.5 cm³/mol. The van der Waals surface area contributed by atoms with Crippen LogP contribution in [0.2, 0.25) is 0 Å². The van der Waals surface area contributed by atoms with Gasteiger partial charge in [-0.2, -0.15) is 0 Å². The molecule has 6 heteroatoms. The zero-order valence-electron chi connectivity index (χ0n) is 8.81. The van der Waals surface area contributed by atoms with Crippen molar-refractivity contribution in [3.8, 4) is 0 Å². The average Bonchev–Trinajstić information content (AvgIpc) is 2.53. The number of alkyl halides is 1. The van der Waals surface area contributed by atoms with Gasteiger partial charge in [-0.25, -0.2) is 9.18 Å². The first kappa shape index (κ1) is 11.3. The van der Waals surface area contributed by atoms with Gasteiger partial charge in [0, 0.05) is 0 Å². The summed E-state index contributed by atoms with van der Waals surface area (Å²) in [5.41, 5.74) is 0.557. The number of para-hydroxylation sites is 1. The number of hydrogen-bond donors (Lipinski definition) is 1. The highest BCUT2D eigenvalue weighted by molar-refractivity contribution is 6.52. The number of aliphatic carboxylic acids is 1. The van der Waals surface area contributed by atoms with Crippen LogP contribution in [-0.4, -0.2) is 29.1 Å². The van der Waals surface area contributed by atoms with E-state index in [0.29, 0.717) is 10.5 Å². The molecule has 88 valence electrons. The second-order valence-corrected chi connectivity index (χ2v) is 3.65. The number of benzene rings is 1. The summed E-state index contributed by atoms with van der Waals surface area (Å²) >= 11 is 0. The van der Waals surface area contributed by atoms with Crippen LogP contribution < -0.4 is 4.90 Å². The van der Waals surface area contributed by atoms with E-state index in [1.54, 1.807) is 19.1 Å². The Balaban J connectivity index is 2.62. The molecule has 0 aliphatic carbocycles. The van der Waals surface area contributed by atoms with Crippen molar-refractivity contribution in [1.29, 1.82) is 0 Å².